The van der Waals surface area contributed by atoms with E-state index < -0.39 is 40.0 Å². The first-order valence-corrected chi connectivity index (χ1v) is 9.08. The lowest BCUT2D eigenvalue weighted by molar-refractivity contribution is -0.385. The Morgan fingerprint density at radius 2 is 1.83 bits per heavy atom. The van der Waals surface area contributed by atoms with Crippen molar-refractivity contribution in [3.63, 3.8) is 0 Å². The third-order valence-corrected chi connectivity index (χ3v) is 4.85. The molecule has 158 valence electrons. The average Bonchev–Trinajstić information content (AvgIpc) is 2.73. The topological polar surface area (TPSA) is 99.0 Å². The van der Waals surface area contributed by atoms with Crippen molar-refractivity contribution in [1.82, 2.24) is 4.90 Å². The van der Waals surface area contributed by atoms with Crippen LogP contribution in [0.15, 0.2) is 36.4 Å². The van der Waals surface area contributed by atoms with Crippen molar-refractivity contribution in [3.05, 3.63) is 63.7 Å². The number of nitrogens with zero attached hydrogens (tertiary/aromatic N) is 2. The number of nitro groups is 1. The Balaban J connectivity index is 1.63. The summed E-state index contributed by atoms with van der Waals surface area (Å²) in [7, 11) is 1.36. The van der Waals surface area contributed by atoms with Gasteiger partial charge in [-0.2, -0.15) is 0 Å². The maximum absolute atomic E-state index is 13.8. The van der Waals surface area contributed by atoms with Crippen LogP contribution in [-0.4, -0.2) is 41.9 Å². The Bertz CT molecular complexity index is 989. The van der Waals surface area contributed by atoms with E-state index in [1.165, 1.54) is 24.1 Å². The smallest absolute Gasteiger partial charge is 0.315 e. The molecule has 30 heavy (non-hydrogen) atoms. The number of rotatable bonds is 5. The van der Waals surface area contributed by atoms with E-state index in [-0.39, 0.29) is 43.0 Å². The number of piperidine rings is 1. The monoisotopic (exact) mass is 420 g/mol. The van der Waals surface area contributed by atoms with Gasteiger partial charge in [-0.15, -0.1) is 0 Å². The van der Waals surface area contributed by atoms with Crippen LogP contribution in [0.3, 0.4) is 0 Å². The fraction of sp³-hybridized carbons (Fsp3) is 0.300. The first kappa shape index (κ1) is 21.2. The molecule has 1 saturated heterocycles. The minimum atomic E-state index is -0.951. The standard InChI is InChI=1S/C20H18F2N2O6/c1-29-14-3-5-18(17(11-14)24(27)28)30-20(26)12-6-8-23(9-7-12)19(25)15-4-2-13(21)10-16(15)22/h2-5,10-12H,6-9H2,1H3. The molecular formula is C20H18F2N2O6. The highest BCUT2D eigenvalue weighted by atomic mass is 19.1. The Labute approximate surface area is 170 Å². The molecule has 0 radical (unpaired) electrons. The van der Waals surface area contributed by atoms with E-state index in [9.17, 15) is 28.5 Å². The molecule has 2 aromatic rings. The fourth-order valence-corrected chi connectivity index (χ4v) is 3.20. The van der Waals surface area contributed by atoms with E-state index in [2.05, 4.69) is 0 Å². The second kappa shape index (κ2) is 8.85. The number of esters is 1. The largest absolute Gasteiger partial charge is 0.496 e. The average molecular weight is 420 g/mol. The van der Waals surface area contributed by atoms with Crippen LogP contribution in [0, 0.1) is 27.7 Å². The summed E-state index contributed by atoms with van der Waals surface area (Å²) in [6.07, 6.45) is 0.495. The second-order valence-electron chi connectivity index (χ2n) is 6.70. The number of benzene rings is 2. The van der Waals surface area contributed by atoms with E-state index in [0.717, 1.165) is 18.2 Å². The lowest BCUT2D eigenvalue weighted by atomic mass is 9.96. The van der Waals surface area contributed by atoms with Crippen LogP contribution < -0.4 is 9.47 Å². The summed E-state index contributed by atoms with van der Waals surface area (Å²) >= 11 is 0. The summed E-state index contributed by atoms with van der Waals surface area (Å²) in [6.45, 7) is 0.334. The number of likely N-dealkylation sites (tertiary alicyclic amines) is 1. The molecular weight excluding hydrogens is 402 g/mol. The van der Waals surface area contributed by atoms with Crippen molar-refractivity contribution < 1.29 is 32.8 Å². The fourth-order valence-electron chi connectivity index (χ4n) is 3.20. The minimum Gasteiger partial charge on any atom is -0.496 e. The van der Waals surface area contributed by atoms with E-state index in [1.54, 1.807) is 0 Å². The number of nitro benzene ring substituents is 1. The van der Waals surface area contributed by atoms with E-state index >= 15 is 0 Å². The Morgan fingerprint density at radius 3 is 2.43 bits per heavy atom. The van der Waals surface area contributed by atoms with Gasteiger partial charge in [0.25, 0.3) is 5.91 Å². The number of carbonyl (C=O) groups excluding carboxylic acids is 2. The molecule has 1 amide bonds. The van der Waals surface area contributed by atoms with Gasteiger partial charge < -0.3 is 14.4 Å². The highest BCUT2D eigenvalue weighted by Crippen LogP contribution is 2.32. The zero-order chi connectivity index (χ0) is 21.8. The molecule has 0 bridgehead atoms. The number of amides is 1. The van der Waals surface area contributed by atoms with Crippen LogP contribution >= 0.6 is 0 Å². The number of halogens is 2. The maximum Gasteiger partial charge on any atom is 0.315 e. The number of carbonyl (C=O) groups is 2. The van der Waals surface area contributed by atoms with Gasteiger partial charge in [0, 0.05) is 19.2 Å². The molecule has 10 heteroatoms. The first-order valence-electron chi connectivity index (χ1n) is 9.08. The van der Waals surface area contributed by atoms with Crippen molar-refractivity contribution in [2.24, 2.45) is 5.92 Å². The first-order chi connectivity index (χ1) is 14.3. The molecule has 1 heterocycles. The lowest BCUT2D eigenvalue weighted by Gasteiger charge is -2.31. The maximum atomic E-state index is 13.8. The Kier molecular flexibility index (Phi) is 6.24. The van der Waals surface area contributed by atoms with Gasteiger partial charge in [-0.3, -0.25) is 19.7 Å². The summed E-state index contributed by atoms with van der Waals surface area (Å²) in [5.74, 6) is -3.49. The number of hydrogen-bond acceptors (Lipinski definition) is 6. The van der Waals surface area contributed by atoms with Crippen LogP contribution in [0.4, 0.5) is 14.5 Å². The van der Waals surface area contributed by atoms with Gasteiger partial charge in [0.2, 0.25) is 5.75 Å². The molecule has 2 aromatic carbocycles. The van der Waals surface area contributed by atoms with Gasteiger partial charge >= 0.3 is 11.7 Å². The molecule has 1 aliphatic rings. The molecule has 0 saturated carbocycles. The molecule has 0 N–H and O–H groups in total. The van der Waals surface area contributed by atoms with E-state index in [4.69, 9.17) is 9.47 Å². The van der Waals surface area contributed by atoms with Crippen molar-refractivity contribution in [1.29, 1.82) is 0 Å². The highest BCUT2D eigenvalue weighted by Gasteiger charge is 2.31. The van der Waals surface area contributed by atoms with Crippen LogP contribution in [0.2, 0.25) is 0 Å². The van der Waals surface area contributed by atoms with E-state index in [0.29, 0.717) is 6.07 Å². The minimum absolute atomic E-state index is 0.167. The lowest BCUT2D eigenvalue weighted by Crippen LogP contribution is -2.41. The van der Waals surface area contributed by atoms with Crippen molar-refractivity contribution in [3.8, 4) is 11.5 Å². The zero-order valence-corrected chi connectivity index (χ0v) is 16.0. The van der Waals surface area contributed by atoms with Gasteiger partial charge in [0.1, 0.15) is 17.4 Å². The molecule has 3 rings (SSSR count). The summed E-state index contributed by atoms with van der Waals surface area (Å²) in [6, 6.07) is 6.59. The number of ether oxygens (including phenoxy) is 2. The third kappa shape index (κ3) is 4.53. The predicted molar refractivity (Wildman–Crippen MR) is 100 cm³/mol. The van der Waals surface area contributed by atoms with Gasteiger partial charge in [-0.25, -0.2) is 8.78 Å². The van der Waals surface area contributed by atoms with Crippen molar-refractivity contribution >= 4 is 17.6 Å². The highest BCUT2D eigenvalue weighted by molar-refractivity contribution is 5.94. The van der Waals surface area contributed by atoms with Crippen molar-refractivity contribution in [2.75, 3.05) is 20.2 Å². The van der Waals surface area contributed by atoms with Crippen molar-refractivity contribution in [2.45, 2.75) is 12.8 Å². The summed E-state index contributed by atoms with van der Waals surface area (Å²) in [4.78, 5) is 36.8. The Hall–Kier alpha value is -3.56. The van der Waals surface area contributed by atoms with Gasteiger partial charge in [0.05, 0.1) is 29.6 Å². The molecule has 8 nitrogen and oxygen atoms in total. The number of hydrogen-bond donors (Lipinski definition) is 0. The molecule has 1 fully saturated rings. The second-order valence-corrected chi connectivity index (χ2v) is 6.70. The van der Waals surface area contributed by atoms with E-state index in [1.807, 2.05) is 0 Å². The van der Waals surface area contributed by atoms with Crippen LogP contribution in [0.5, 0.6) is 11.5 Å². The zero-order valence-electron chi connectivity index (χ0n) is 16.0. The molecule has 0 atom stereocenters. The molecule has 0 aliphatic carbocycles. The third-order valence-electron chi connectivity index (χ3n) is 4.85. The summed E-state index contributed by atoms with van der Waals surface area (Å²) in [5, 5.41) is 11.2. The van der Waals surface area contributed by atoms with Crippen LogP contribution in [0.25, 0.3) is 0 Å². The van der Waals surface area contributed by atoms with Gasteiger partial charge in [-0.1, -0.05) is 0 Å². The Morgan fingerprint density at radius 1 is 1.13 bits per heavy atom. The summed E-state index contributed by atoms with van der Waals surface area (Å²) in [5.41, 5.74) is -0.645. The normalized spacial score (nSPS) is 14.3. The van der Waals surface area contributed by atoms with Crippen LogP contribution in [0.1, 0.15) is 23.2 Å². The molecule has 0 unspecified atom stereocenters. The predicted octanol–water partition coefficient (Wildman–Crippen LogP) is 3.34. The SMILES string of the molecule is COc1ccc(OC(=O)C2CCN(C(=O)c3ccc(F)cc3F)CC2)c([N+](=O)[O-])c1. The van der Waals surface area contributed by atoms with Gasteiger partial charge in [-0.05, 0) is 37.1 Å². The number of methoxy groups -OCH3 is 1. The summed E-state index contributed by atoms with van der Waals surface area (Å²) < 4.78 is 37.0. The molecule has 0 aromatic heterocycles. The van der Waals surface area contributed by atoms with Crippen LogP contribution in [-0.2, 0) is 4.79 Å². The molecule has 1 aliphatic heterocycles. The molecule has 0 spiro atoms. The van der Waals surface area contributed by atoms with Gasteiger partial charge in [0.15, 0.2) is 0 Å². The quantitative estimate of drug-likeness (QED) is 0.318.